The van der Waals surface area contributed by atoms with Crippen LogP contribution in [0.1, 0.15) is 36.7 Å². The van der Waals surface area contributed by atoms with Gasteiger partial charge in [0.2, 0.25) is 11.8 Å². The first-order valence-electron chi connectivity index (χ1n) is 8.22. The summed E-state index contributed by atoms with van der Waals surface area (Å²) in [7, 11) is 0. The second-order valence-corrected chi connectivity index (χ2v) is 6.25. The van der Waals surface area contributed by atoms with Gasteiger partial charge in [-0.2, -0.15) is 0 Å². The Hall–Kier alpha value is -3.29. The fourth-order valence-corrected chi connectivity index (χ4v) is 3.20. The number of halogens is 1. The minimum absolute atomic E-state index is 0.0117. The Kier molecular flexibility index (Phi) is 3.87. The van der Waals surface area contributed by atoms with Gasteiger partial charge in [0.1, 0.15) is 5.82 Å². The molecule has 0 fully saturated rings. The molecule has 0 saturated heterocycles. The molecule has 1 aromatic carbocycles. The number of hydrogen-bond donors (Lipinski definition) is 2. The van der Waals surface area contributed by atoms with E-state index in [1.54, 1.807) is 11.3 Å². The lowest BCUT2D eigenvalue weighted by molar-refractivity contribution is -0.126. The molecule has 3 heterocycles. The van der Waals surface area contributed by atoms with Gasteiger partial charge in [0, 0.05) is 18.3 Å². The number of carbonyl (C=O) groups is 2. The van der Waals surface area contributed by atoms with Gasteiger partial charge in [0.15, 0.2) is 11.5 Å². The summed E-state index contributed by atoms with van der Waals surface area (Å²) in [6.07, 6.45) is 1.83. The summed E-state index contributed by atoms with van der Waals surface area (Å²) in [6.45, 7) is 1.80. The van der Waals surface area contributed by atoms with Crippen LogP contribution >= 0.6 is 0 Å². The third kappa shape index (κ3) is 2.79. The van der Waals surface area contributed by atoms with Gasteiger partial charge in [-0.1, -0.05) is 12.1 Å². The normalized spacial score (nSPS) is 17.5. The molecular weight excluding hydrogens is 337 g/mol. The van der Waals surface area contributed by atoms with Crippen molar-refractivity contribution in [2.45, 2.75) is 25.3 Å². The quantitative estimate of drug-likeness (QED) is 0.755. The molecule has 0 unspecified atom stereocenters. The Balaban J connectivity index is 1.59. The van der Waals surface area contributed by atoms with E-state index in [0.29, 0.717) is 22.7 Å². The number of fused-ring (bicyclic) bond motifs is 2. The predicted molar refractivity (Wildman–Crippen MR) is 91.9 cm³/mol. The molecule has 0 aliphatic carbocycles. The van der Waals surface area contributed by atoms with E-state index in [0.717, 1.165) is 0 Å². The molecule has 0 saturated carbocycles. The lowest BCUT2D eigenvalue weighted by Gasteiger charge is -2.26. The standard InChI is InChI=1S/C18H16FN5O2/c1-10(17-23-22-15-4-2-3-7-24(15)17)20-18(26)13-9-16(25)21-14-8-11(19)5-6-12(13)14/h2-8,10,13H,9H2,1H3,(H,20,26)(H,21,25)/t10-,13-/m0/s1. The summed E-state index contributed by atoms with van der Waals surface area (Å²) >= 11 is 0. The van der Waals surface area contributed by atoms with Gasteiger partial charge < -0.3 is 10.6 Å². The average Bonchev–Trinajstić information content (AvgIpc) is 3.04. The summed E-state index contributed by atoms with van der Waals surface area (Å²) in [5.41, 5.74) is 1.62. The van der Waals surface area contributed by atoms with Gasteiger partial charge in [-0.15, -0.1) is 10.2 Å². The van der Waals surface area contributed by atoms with Crippen LogP contribution in [0.3, 0.4) is 0 Å². The molecule has 2 N–H and O–H groups in total. The number of anilines is 1. The molecule has 2 atom stereocenters. The Morgan fingerprint density at radius 2 is 2.19 bits per heavy atom. The zero-order valence-corrected chi connectivity index (χ0v) is 13.9. The molecule has 0 spiro atoms. The fourth-order valence-electron chi connectivity index (χ4n) is 3.20. The van der Waals surface area contributed by atoms with Gasteiger partial charge in [-0.3, -0.25) is 14.0 Å². The average molecular weight is 353 g/mol. The Bertz CT molecular complexity index is 1020. The molecule has 132 valence electrons. The Morgan fingerprint density at radius 3 is 3.04 bits per heavy atom. The van der Waals surface area contributed by atoms with Crippen LogP contribution in [0.15, 0.2) is 42.6 Å². The number of pyridine rings is 1. The number of rotatable bonds is 3. The zero-order chi connectivity index (χ0) is 18.3. The lowest BCUT2D eigenvalue weighted by Crippen LogP contribution is -2.36. The highest BCUT2D eigenvalue weighted by Crippen LogP contribution is 2.33. The lowest BCUT2D eigenvalue weighted by atomic mass is 9.89. The van der Waals surface area contributed by atoms with E-state index in [1.165, 1.54) is 18.2 Å². The van der Waals surface area contributed by atoms with Crippen molar-refractivity contribution in [3.8, 4) is 0 Å². The summed E-state index contributed by atoms with van der Waals surface area (Å²) in [5, 5.41) is 13.7. The van der Waals surface area contributed by atoms with Gasteiger partial charge in [0.05, 0.1) is 12.0 Å². The maximum absolute atomic E-state index is 13.4. The molecule has 2 aromatic heterocycles. The van der Waals surface area contributed by atoms with Crippen LogP contribution in [-0.2, 0) is 9.59 Å². The van der Waals surface area contributed by atoms with Crippen molar-refractivity contribution in [3.63, 3.8) is 0 Å². The van der Waals surface area contributed by atoms with Crippen molar-refractivity contribution < 1.29 is 14.0 Å². The summed E-state index contributed by atoms with van der Waals surface area (Å²) in [6, 6.07) is 9.16. The molecule has 1 aliphatic rings. The van der Waals surface area contributed by atoms with Crippen LogP contribution in [0.2, 0.25) is 0 Å². The smallest absolute Gasteiger partial charge is 0.228 e. The van der Waals surface area contributed by atoms with E-state index >= 15 is 0 Å². The fraction of sp³-hybridized carbons (Fsp3) is 0.222. The first kappa shape index (κ1) is 16.2. The van der Waals surface area contributed by atoms with Crippen molar-refractivity contribution >= 4 is 23.1 Å². The first-order chi connectivity index (χ1) is 12.5. The molecular formula is C18H16FN5O2. The number of carbonyl (C=O) groups excluding carboxylic acids is 2. The molecule has 4 rings (SSSR count). The van der Waals surface area contributed by atoms with Crippen molar-refractivity contribution in [2.75, 3.05) is 5.32 Å². The first-order valence-corrected chi connectivity index (χ1v) is 8.22. The molecule has 8 heteroatoms. The van der Waals surface area contributed by atoms with E-state index in [1.807, 2.05) is 24.4 Å². The number of aromatic nitrogens is 3. The van der Waals surface area contributed by atoms with Crippen LogP contribution in [0, 0.1) is 5.82 Å². The summed E-state index contributed by atoms with van der Waals surface area (Å²) < 4.78 is 15.2. The van der Waals surface area contributed by atoms with E-state index in [2.05, 4.69) is 20.8 Å². The minimum Gasteiger partial charge on any atom is -0.346 e. The maximum atomic E-state index is 13.4. The molecule has 0 radical (unpaired) electrons. The van der Waals surface area contributed by atoms with E-state index in [-0.39, 0.29) is 18.2 Å². The van der Waals surface area contributed by atoms with Gasteiger partial charge in [0.25, 0.3) is 0 Å². The number of benzene rings is 1. The van der Waals surface area contributed by atoms with Crippen LogP contribution in [0.4, 0.5) is 10.1 Å². The van der Waals surface area contributed by atoms with E-state index in [9.17, 15) is 14.0 Å². The zero-order valence-electron chi connectivity index (χ0n) is 13.9. The Labute approximate surface area is 148 Å². The third-order valence-corrected chi connectivity index (χ3v) is 4.46. The molecule has 0 bridgehead atoms. The van der Waals surface area contributed by atoms with Gasteiger partial charge >= 0.3 is 0 Å². The minimum atomic E-state index is -0.680. The molecule has 7 nitrogen and oxygen atoms in total. The maximum Gasteiger partial charge on any atom is 0.228 e. The molecule has 2 amide bonds. The van der Waals surface area contributed by atoms with E-state index < -0.39 is 17.8 Å². The summed E-state index contributed by atoms with van der Waals surface area (Å²) in [4.78, 5) is 24.7. The third-order valence-electron chi connectivity index (χ3n) is 4.46. The highest BCUT2D eigenvalue weighted by atomic mass is 19.1. The van der Waals surface area contributed by atoms with E-state index in [4.69, 9.17) is 0 Å². The van der Waals surface area contributed by atoms with Crippen LogP contribution in [-0.4, -0.2) is 26.4 Å². The second kappa shape index (κ2) is 6.21. The molecule has 26 heavy (non-hydrogen) atoms. The number of amides is 2. The summed E-state index contributed by atoms with van der Waals surface area (Å²) in [5.74, 6) is -1.18. The molecule has 1 aliphatic heterocycles. The van der Waals surface area contributed by atoms with Crippen LogP contribution < -0.4 is 10.6 Å². The number of nitrogens with zero attached hydrogens (tertiary/aromatic N) is 3. The number of hydrogen-bond acceptors (Lipinski definition) is 4. The second-order valence-electron chi connectivity index (χ2n) is 6.25. The van der Waals surface area contributed by atoms with Gasteiger partial charge in [-0.05, 0) is 36.8 Å². The Morgan fingerprint density at radius 1 is 1.35 bits per heavy atom. The van der Waals surface area contributed by atoms with Crippen molar-refractivity contribution in [1.29, 1.82) is 0 Å². The van der Waals surface area contributed by atoms with Crippen LogP contribution in [0.5, 0.6) is 0 Å². The SMILES string of the molecule is C[C@H](NC(=O)[C@H]1CC(=O)Nc2cc(F)ccc21)c1nnc2ccccn12. The largest absolute Gasteiger partial charge is 0.346 e. The van der Waals surface area contributed by atoms with Gasteiger partial charge in [-0.25, -0.2) is 4.39 Å². The highest BCUT2D eigenvalue weighted by molar-refractivity contribution is 6.01. The van der Waals surface area contributed by atoms with Crippen LogP contribution in [0.25, 0.3) is 5.65 Å². The predicted octanol–water partition coefficient (Wildman–Crippen LogP) is 2.17. The highest BCUT2D eigenvalue weighted by Gasteiger charge is 2.32. The van der Waals surface area contributed by atoms with Crippen molar-refractivity contribution in [3.05, 3.63) is 59.8 Å². The van der Waals surface area contributed by atoms with Crippen molar-refractivity contribution in [2.24, 2.45) is 0 Å². The topological polar surface area (TPSA) is 88.4 Å². The van der Waals surface area contributed by atoms with Crippen molar-refractivity contribution in [1.82, 2.24) is 19.9 Å². The number of nitrogens with one attached hydrogen (secondary N) is 2. The molecule has 3 aromatic rings. The monoisotopic (exact) mass is 353 g/mol.